The zero-order chi connectivity index (χ0) is 16.3. The van der Waals surface area contributed by atoms with Gasteiger partial charge in [0.05, 0.1) is 17.7 Å². The zero-order valence-corrected chi connectivity index (χ0v) is 13.4. The van der Waals surface area contributed by atoms with Crippen LogP contribution >= 0.6 is 0 Å². The van der Waals surface area contributed by atoms with Crippen molar-refractivity contribution < 1.29 is 14.3 Å². The number of rotatable bonds is 5. The molecule has 0 radical (unpaired) electrons. The Hall–Kier alpha value is -2.14. The van der Waals surface area contributed by atoms with E-state index in [0.29, 0.717) is 17.3 Å². The highest BCUT2D eigenvalue weighted by Gasteiger charge is 2.17. The molecule has 0 aliphatic rings. The number of hydrogen-bond donors (Lipinski definition) is 2. The summed E-state index contributed by atoms with van der Waals surface area (Å²) in [4.78, 5) is 16.3. The first-order valence-electron chi connectivity index (χ1n) is 7.27. The Labute approximate surface area is 130 Å². The molecule has 0 saturated heterocycles. The van der Waals surface area contributed by atoms with E-state index in [9.17, 15) is 9.90 Å². The van der Waals surface area contributed by atoms with Crippen molar-refractivity contribution in [2.24, 2.45) is 0 Å². The molecule has 0 aliphatic carbocycles. The number of aromatic nitrogens is 1. The molecule has 1 heterocycles. The van der Waals surface area contributed by atoms with Crippen molar-refractivity contribution in [2.75, 3.05) is 6.54 Å². The van der Waals surface area contributed by atoms with E-state index in [2.05, 4.69) is 10.3 Å². The van der Waals surface area contributed by atoms with Crippen LogP contribution in [0.25, 0.3) is 11.5 Å². The van der Waals surface area contributed by atoms with Gasteiger partial charge in [0, 0.05) is 12.1 Å². The second-order valence-corrected chi connectivity index (χ2v) is 6.16. The molecular formula is C17H22N2O3. The second kappa shape index (κ2) is 6.32. The Kier molecular flexibility index (Phi) is 4.66. The van der Waals surface area contributed by atoms with Crippen LogP contribution in [0.3, 0.4) is 0 Å². The van der Waals surface area contributed by atoms with Crippen LogP contribution in [-0.4, -0.2) is 28.1 Å². The van der Waals surface area contributed by atoms with Gasteiger partial charge in [0.2, 0.25) is 11.8 Å². The number of aryl methyl sites for hydroxylation is 2. The number of amides is 1. The summed E-state index contributed by atoms with van der Waals surface area (Å²) in [5, 5.41) is 12.3. The number of carbonyl (C=O) groups is 1. The van der Waals surface area contributed by atoms with E-state index in [-0.39, 0.29) is 18.9 Å². The fourth-order valence-corrected chi connectivity index (χ4v) is 2.02. The average molecular weight is 302 g/mol. The molecule has 22 heavy (non-hydrogen) atoms. The number of hydrogen-bond acceptors (Lipinski definition) is 4. The largest absolute Gasteiger partial charge is 0.441 e. The number of nitrogens with zero attached hydrogens (tertiary/aromatic N) is 1. The van der Waals surface area contributed by atoms with Crippen molar-refractivity contribution in [2.45, 2.75) is 39.7 Å². The monoisotopic (exact) mass is 302 g/mol. The molecule has 5 nitrogen and oxygen atoms in total. The number of oxazole rings is 1. The summed E-state index contributed by atoms with van der Waals surface area (Å²) in [5.74, 6) is 0.968. The first-order valence-corrected chi connectivity index (χ1v) is 7.27. The van der Waals surface area contributed by atoms with Crippen molar-refractivity contribution in [3.05, 3.63) is 41.3 Å². The van der Waals surface area contributed by atoms with Crippen LogP contribution in [0.2, 0.25) is 0 Å². The predicted octanol–water partition coefficient (Wildman–Crippen LogP) is 2.39. The van der Waals surface area contributed by atoms with Gasteiger partial charge in [-0.15, -0.1) is 0 Å². The van der Waals surface area contributed by atoms with Crippen molar-refractivity contribution in [1.29, 1.82) is 0 Å². The minimum Gasteiger partial charge on any atom is -0.441 e. The Morgan fingerprint density at radius 1 is 1.36 bits per heavy atom. The highest BCUT2D eigenvalue weighted by molar-refractivity contribution is 5.78. The van der Waals surface area contributed by atoms with Crippen molar-refractivity contribution in [3.8, 4) is 11.5 Å². The zero-order valence-electron chi connectivity index (χ0n) is 13.4. The highest BCUT2D eigenvalue weighted by atomic mass is 16.4. The molecule has 0 unspecified atom stereocenters. The molecule has 118 valence electrons. The number of aliphatic hydroxyl groups is 1. The topological polar surface area (TPSA) is 75.4 Å². The van der Waals surface area contributed by atoms with Crippen LogP contribution in [0.15, 0.2) is 28.7 Å². The molecule has 2 aromatic rings. The Balaban J connectivity index is 2.09. The Morgan fingerprint density at radius 2 is 2.09 bits per heavy atom. The molecule has 0 atom stereocenters. The predicted molar refractivity (Wildman–Crippen MR) is 84.4 cm³/mol. The second-order valence-electron chi connectivity index (χ2n) is 6.16. The maximum Gasteiger partial charge on any atom is 0.226 e. The van der Waals surface area contributed by atoms with Gasteiger partial charge in [-0.2, -0.15) is 0 Å². The van der Waals surface area contributed by atoms with Crippen molar-refractivity contribution >= 4 is 5.91 Å². The summed E-state index contributed by atoms with van der Waals surface area (Å²) in [6.45, 7) is 7.29. The van der Waals surface area contributed by atoms with Crippen molar-refractivity contribution in [1.82, 2.24) is 10.3 Å². The van der Waals surface area contributed by atoms with E-state index in [1.54, 1.807) is 20.8 Å². The van der Waals surface area contributed by atoms with E-state index in [4.69, 9.17) is 4.42 Å². The average Bonchev–Trinajstić information content (AvgIpc) is 2.77. The third-order valence-corrected chi connectivity index (χ3v) is 3.20. The van der Waals surface area contributed by atoms with E-state index >= 15 is 0 Å². The smallest absolute Gasteiger partial charge is 0.226 e. The van der Waals surface area contributed by atoms with Gasteiger partial charge in [-0.1, -0.05) is 17.7 Å². The summed E-state index contributed by atoms with van der Waals surface area (Å²) in [7, 11) is 0. The van der Waals surface area contributed by atoms with Crippen molar-refractivity contribution in [3.63, 3.8) is 0 Å². The number of benzene rings is 1. The lowest BCUT2D eigenvalue weighted by Crippen LogP contribution is -2.38. The third kappa shape index (κ3) is 4.43. The fraction of sp³-hybridized carbons (Fsp3) is 0.412. The van der Waals surface area contributed by atoms with E-state index in [0.717, 1.165) is 11.1 Å². The molecule has 1 aromatic heterocycles. The molecule has 0 saturated carbocycles. The molecule has 1 aromatic carbocycles. The van der Waals surface area contributed by atoms with Crippen LogP contribution in [0.1, 0.15) is 30.9 Å². The van der Waals surface area contributed by atoms with Crippen LogP contribution in [0.4, 0.5) is 0 Å². The van der Waals surface area contributed by atoms with Gasteiger partial charge in [0.1, 0.15) is 5.76 Å². The maximum absolute atomic E-state index is 11.9. The van der Waals surface area contributed by atoms with E-state index in [1.807, 2.05) is 31.2 Å². The molecule has 5 heteroatoms. The standard InChI is InChI=1S/C17H22N2O3/c1-11-6-5-7-13(8-11)16-19-14(12(2)22-16)9-15(20)18-10-17(3,4)21/h5-8,21H,9-10H2,1-4H3,(H,18,20). The minimum atomic E-state index is -0.929. The van der Waals surface area contributed by atoms with E-state index < -0.39 is 5.60 Å². The molecular weight excluding hydrogens is 280 g/mol. The van der Waals surface area contributed by atoms with Crippen LogP contribution in [0.5, 0.6) is 0 Å². The molecule has 0 spiro atoms. The van der Waals surface area contributed by atoms with Crippen LogP contribution in [-0.2, 0) is 11.2 Å². The van der Waals surface area contributed by atoms with Gasteiger partial charge in [-0.25, -0.2) is 4.98 Å². The maximum atomic E-state index is 11.9. The number of carbonyl (C=O) groups excluding carboxylic acids is 1. The SMILES string of the molecule is Cc1cccc(-c2nc(CC(=O)NCC(C)(C)O)c(C)o2)c1. The lowest BCUT2D eigenvalue weighted by atomic mass is 10.1. The molecule has 0 fully saturated rings. The lowest BCUT2D eigenvalue weighted by Gasteiger charge is -2.17. The summed E-state index contributed by atoms with van der Waals surface area (Å²) >= 11 is 0. The Bertz CT molecular complexity index is 669. The van der Waals surface area contributed by atoms with Crippen LogP contribution < -0.4 is 5.32 Å². The molecule has 0 bridgehead atoms. The highest BCUT2D eigenvalue weighted by Crippen LogP contribution is 2.22. The molecule has 1 amide bonds. The van der Waals surface area contributed by atoms with Crippen LogP contribution in [0, 0.1) is 13.8 Å². The van der Waals surface area contributed by atoms with Gasteiger partial charge in [-0.05, 0) is 39.8 Å². The molecule has 2 rings (SSSR count). The van der Waals surface area contributed by atoms with Gasteiger partial charge >= 0.3 is 0 Å². The molecule has 2 N–H and O–H groups in total. The normalized spacial score (nSPS) is 11.5. The molecule has 0 aliphatic heterocycles. The summed E-state index contributed by atoms with van der Waals surface area (Å²) in [6.07, 6.45) is 0.136. The summed E-state index contributed by atoms with van der Waals surface area (Å²) in [6, 6.07) is 7.87. The van der Waals surface area contributed by atoms with Gasteiger partial charge in [0.25, 0.3) is 0 Å². The fourth-order valence-electron chi connectivity index (χ4n) is 2.02. The first-order chi connectivity index (χ1) is 10.2. The van der Waals surface area contributed by atoms with Gasteiger partial charge in [-0.3, -0.25) is 4.79 Å². The summed E-state index contributed by atoms with van der Waals surface area (Å²) < 4.78 is 5.66. The Morgan fingerprint density at radius 3 is 2.73 bits per heavy atom. The quantitative estimate of drug-likeness (QED) is 0.889. The minimum absolute atomic E-state index is 0.136. The van der Waals surface area contributed by atoms with Gasteiger partial charge < -0.3 is 14.8 Å². The first kappa shape index (κ1) is 16.2. The third-order valence-electron chi connectivity index (χ3n) is 3.20. The summed E-state index contributed by atoms with van der Waals surface area (Å²) in [5.41, 5.74) is 1.70. The lowest BCUT2D eigenvalue weighted by molar-refractivity contribution is -0.121. The van der Waals surface area contributed by atoms with Gasteiger partial charge in [0.15, 0.2) is 0 Å². The number of nitrogens with one attached hydrogen (secondary N) is 1. The van der Waals surface area contributed by atoms with E-state index in [1.165, 1.54) is 0 Å².